The van der Waals surface area contributed by atoms with Crippen molar-refractivity contribution in [3.63, 3.8) is 0 Å². The van der Waals surface area contributed by atoms with E-state index >= 15 is 0 Å². The van der Waals surface area contributed by atoms with Crippen LogP contribution in [0, 0.1) is 11.8 Å². The minimum Gasteiger partial charge on any atom is -0.481 e. The molecule has 0 aromatic heterocycles. The van der Waals surface area contributed by atoms with Crippen molar-refractivity contribution in [2.75, 3.05) is 40.8 Å². The summed E-state index contributed by atoms with van der Waals surface area (Å²) in [5.74, 6) is -6.23. The van der Waals surface area contributed by atoms with Crippen LogP contribution >= 0.6 is 0 Å². The molecule has 0 unspecified atom stereocenters. The summed E-state index contributed by atoms with van der Waals surface area (Å²) in [6.45, 7) is 5.00. The van der Waals surface area contributed by atoms with Crippen molar-refractivity contribution in [3.8, 4) is 11.1 Å². The van der Waals surface area contributed by atoms with Crippen molar-refractivity contribution in [2.24, 2.45) is 11.8 Å². The van der Waals surface area contributed by atoms with Gasteiger partial charge in [-0.25, -0.2) is 9.59 Å². The number of carbonyl (C=O) groups excluding carboxylic acids is 6. The van der Waals surface area contributed by atoms with Crippen LogP contribution in [0.2, 0.25) is 0 Å². The van der Waals surface area contributed by atoms with Gasteiger partial charge in [0.25, 0.3) is 0 Å². The Balaban J connectivity index is 1.22. The molecule has 2 aromatic carbocycles. The minimum absolute atomic E-state index is 0.0609. The number of benzene rings is 2. The zero-order chi connectivity index (χ0) is 46.1. The number of likely N-dealkylation sites (tertiary alicyclic amines) is 1. The molecule has 17 nitrogen and oxygen atoms in total. The van der Waals surface area contributed by atoms with Gasteiger partial charge < -0.3 is 45.2 Å². The van der Waals surface area contributed by atoms with Crippen LogP contribution in [0.15, 0.2) is 48.5 Å². The molecule has 2 aliphatic carbocycles. The van der Waals surface area contributed by atoms with Crippen molar-refractivity contribution in [1.82, 2.24) is 30.2 Å². The minimum atomic E-state index is -1.70. The van der Waals surface area contributed by atoms with Crippen LogP contribution in [0.3, 0.4) is 0 Å². The number of aliphatic carboxylic acids is 2. The highest BCUT2D eigenvalue weighted by Crippen LogP contribution is 2.44. The molecule has 1 heterocycles. The maximum atomic E-state index is 14.2. The van der Waals surface area contributed by atoms with Crippen LogP contribution in [0.1, 0.15) is 95.6 Å². The number of nitrogens with zero attached hydrogens (tertiary/aromatic N) is 4. The average Bonchev–Trinajstić information content (AvgIpc) is 3.57. The van der Waals surface area contributed by atoms with E-state index in [0.29, 0.717) is 19.3 Å². The van der Waals surface area contributed by atoms with Crippen molar-refractivity contribution in [2.45, 2.75) is 115 Å². The molecule has 1 saturated heterocycles. The van der Waals surface area contributed by atoms with Gasteiger partial charge in [-0.2, -0.15) is 0 Å². The molecular weight excluding hydrogens is 813 g/mol. The first kappa shape index (κ1) is 48.0. The summed E-state index contributed by atoms with van der Waals surface area (Å²) < 4.78 is 5.76. The first-order valence-electron chi connectivity index (χ1n) is 21.9. The molecule has 1 saturated carbocycles. The number of carboxylic acid groups (broad SMARTS) is 2. The van der Waals surface area contributed by atoms with Gasteiger partial charge in [0.15, 0.2) is 0 Å². The van der Waals surface area contributed by atoms with E-state index in [9.17, 15) is 43.5 Å². The largest absolute Gasteiger partial charge is 0.481 e. The molecule has 5 rings (SSSR count). The summed E-state index contributed by atoms with van der Waals surface area (Å²) in [5.41, 5.74) is 4.27. The van der Waals surface area contributed by atoms with Crippen LogP contribution < -0.4 is 10.6 Å². The lowest BCUT2D eigenvalue weighted by atomic mass is 9.84. The van der Waals surface area contributed by atoms with Gasteiger partial charge in [0, 0.05) is 33.6 Å². The Morgan fingerprint density at radius 1 is 0.810 bits per heavy atom. The van der Waals surface area contributed by atoms with Crippen molar-refractivity contribution in [3.05, 3.63) is 59.7 Å². The normalized spacial score (nSPS) is 18.2. The molecule has 6 amide bonds. The molecule has 3 aliphatic rings. The van der Waals surface area contributed by atoms with Gasteiger partial charge in [0.2, 0.25) is 29.5 Å². The molecule has 6 atom stereocenters. The second kappa shape index (κ2) is 21.4. The highest BCUT2D eigenvalue weighted by atomic mass is 16.5. The lowest BCUT2D eigenvalue weighted by Gasteiger charge is -2.45. The van der Waals surface area contributed by atoms with Crippen LogP contribution in [-0.2, 0) is 38.3 Å². The maximum Gasteiger partial charge on any atom is 0.407 e. The van der Waals surface area contributed by atoms with Crippen molar-refractivity contribution >= 4 is 47.6 Å². The summed E-state index contributed by atoms with van der Waals surface area (Å²) in [7, 11) is 4.32. The molecule has 0 spiro atoms. The van der Waals surface area contributed by atoms with E-state index in [1.807, 2.05) is 62.4 Å². The summed E-state index contributed by atoms with van der Waals surface area (Å²) in [6.07, 6.45) is 4.26. The third-order valence-corrected chi connectivity index (χ3v) is 13.1. The molecule has 0 bridgehead atoms. The lowest BCUT2D eigenvalue weighted by Crippen LogP contribution is -2.64. The molecule has 2 aromatic rings. The van der Waals surface area contributed by atoms with E-state index in [1.54, 1.807) is 6.92 Å². The number of carbonyl (C=O) groups is 8. The number of likely N-dealkylation sites (N-methyl/N-ethyl adjacent to an activating group) is 3. The highest BCUT2D eigenvalue weighted by Gasteiger charge is 2.45. The third kappa shape index (κ3) is 11.3. The summed E-state index contributed by atoms with van der Waals surface area (Å²) in [4.78, 5) is 110. The zero-order valence-electron chi connectivity index (χ0n) is 37.1. The smallest absolute Gasteiger partial charge is 0.407 e. The van der Waals surface area contributed by atoms with Crippen LogP contribution in [0.4, 0.5) is 4.79 Å². The van der Waals surface area contributed by atoms with E-state index in [0.717, 1.165) is 59.3 Å². The summed E-state index contributed by atoms with van der Waals surface area (Å²) in [5, 5.41) is 23.3. The van der Waals surface area contributed by atoms with Crippen molar-refractivity contribution in [1.29, 1.82) is 0 Å². The molecule has 17 heteroatoms. The topological polar surface area (TPSA) is 223 Å². The molecule has 4 N–H and O–H groups in total. The van der Waals surface area contributed by atoms with Gasteiger partial charge in [-0.05, 0) is 53.9 Å². The predicted molar refractivity (Wildman–Crippen MR) is 231 cm³/mol. The first-order valence-corrected chi connectivity index (χ1v) is 21.9. The molecule has 0 radical (unpaired) electrons. The Kier molecular flexibility index (Phi) is 16.3. The summed E-state index contributed by atoms with van der Waals surface area (Å²) >= 11 is 0. The SMILES string of the molecule is CC[C@H](C)[C@H](NC(=O)OCC1c2ccccc2-c2ccccc21)C(=O)N(C)[C@@H](C)C(=O)N1CC[C@H]1C(=O)N(C)[C@@H](CC1CCCCC1)C(=O)N(C)CC(=O)N[C@@H](CC(=O)O)C(=O)O. The van der Waals surface area contributed by atoms with E-state index in [2.05, 4.69) is 10.6 Å². The number of alkyl carbamates (subject to hydrolysis) is 1. The third-order valence-electron chi connectivity index (χ3n) is 13.1. The summed E-state index contributed by atoms with van der Waals surface area (Å²) in [6, 6.07) is 10.3. The number of fused-ring (bicyclic) bond motifs is 3. The Morgan fingerprint density at radius 2 is 1.41 bits per heavy atom. The van der Waals surface area contributed by atoms with Gasteiger partial charge in [0.1, 0.15) is 36.8 Å². The van der Waals surface area contributed by atoms with Crippen molar-refractivity contribution < 1.29 is 53.3 Å². The standard InChI is InChI=1S/C46H62N6O11/c1-7-27(2)40(48-46(62)63-26-34-32-19-13-11-17-30(32)31-18-12-14-20-33(31)34)44(59)50(5)28(3)41(56)52-22-21-36(52)43(58)51(6)37(23-29-15-9-8-10-16-29)42(57)49(4)25-38(53)47-35(45(60)61)24-39(54)55/h11-14,17-20,27-29,34-37,40H,7-10,15-16,21-26H2,1-6H3,(H,47,53)(H,48,62)(H,54,55)(H,60,61)/t27-,28-,35-,36-,37-,40-/m0/s1. The Morgan fingerprint density at radius 3 is 1.95 bits per heavy atom. The molecule has 1 aliphatic heterocycles. The number of hydrogen-bond acceptors (Lipinski definition) is 9. The zero-order valence-corrected chi connectivity index (χ0v) is 37.1. The van der Waals surface area contributed by atoms with E-state index in [1.165, 1.54) is 35.8 Å². The van der Waals surface area contributed by atoms with E-state index < -0.39 is 90.7 Å². The maximum absolute atomic E-state index is 14.2. The number of carboxylic acids is 2. The number of ether oxygens (including phenoxy) is 1. The van der Waals surface area contributed by atoms with Gasteiger partial charge >= 0.3 is 18.0 Å². The molecular formula is C46H62N6O11. The van der Waals surface area contributed by atoms with Gasteiger partial charge in [-0.1, -0.05) is 101 Å². The van der Waals surface area contributed by atoms with E-state index in [-0.39, 0.29) is 30.9 Å². The predicted octanol–water partition coefficient (Wildman–Crippen LogP) is 3.69. The Hall–Kier alpha value is -6.00. The van der Waals surface area contributed by atoms with Crippen LogP contribution in [0.25, 0.3) is 11.1 Å². The lowest BCUT2D eigenvalue weighted by molar-refractivity contribution is -0.160. The molecule has 2 fully saturated rings. The fraction of sp³-hybridized carbons (Fsp3) is 0.565. The Labute approximate surface area is 368 Å². The monoisotopic (exact) mass is 874 g/mol. The number of rotatable bonds is 19. The highest BCUT2D eigenvalue weighted by molar-refractivity contribution is 5.97. The molecule has 342 valence electrons. The fourth-order valence-electron chi connectivity index (χ4n) is 8.89. The Bertz CT molecular complexity index is 1990. The number of nitrogens with one attached hydrogen (secondary N) is 2. The number of hydrogen-bond donors (Lipinski definition) is 4. The number of amides is 6. The van der Waals surface area contributed by atoms with Gasteiger partial charge in [-0.3, -0.25) is 28.8 Å². The average molecular weight is 875 g/mol. The fourth-order valence-corrected chi connectivity index (χ4v) is 8.89. The first-order chi connectivity index (χ1) is 29.9. The molecule has 63 heavy (non-hydrogen) atoms. The van der Waals surface area contributed by atoms with Gasteiger partial charge in [0.05, 0.1) is 13.0 Å². The van der Waals surface area contributed by atoms with Crippen LogP contribution in [-0.4, -0.2) is 148 Å². The second-order valence-electron chi connectivity index (χ2n) is 17.2. The van der Waals surface area contributed by atoms with E-state index in [4.69, 9.17) is 9.84 Å². The van der Waals surface area contributed by atoms with Crippen LogP contribution in [0.5, 0.6) is 0 Å². The second-order valence-corrected chi connectivity index (χ2v) is 17.2. The van der Waals surface area contributed by atoms with Gasteiger partial charge in [-0.15, -0.1) is 0 Å². The quantitative estimate of drug-likeness (QED) is 0.159.